The van der Waals surface area contributed by atoms with Crippen molar-refractivity contribution in [2.75, 3.05) is 6.61 Å². The molecule has 2 nitrogen and oxygen atoms in total. The van der Waals surface area contributed by atoms with Crippen LogP contribution < -0.4 is 9.47 Å². The summed E-state index contributed by atoms with van der Waals surface area (Å²) in [7, 11) is 0. The second-order valence-corrected chi connectivity index (χ2v) is 11.6. The van der Waals surface area contributed by atoms with Gasteiger partial charge in [0.2, 0.25) is 0 Å². The normalized spacial score (nSPS) is 17.8. The summed E-state index contributed by atoms with van der Waals surface area (Å²) in [6.45, 7) is 20.5. The second kappa shape index (κ2) is 14.5. The number of aryl methyl sites for hydroxylation is 1. The molecule has 2 rings (SSSR count). The molecule has 1 aliphatic rings. The first-order valence-corrected chi connectivity index (χ1v) is 14.0. The maximum atomic E-state index is 6.68. The zero-order valence-corrected chi connectivity index (χ0v) is 24.8. The molecule has 0 fully saturated rings. The Kier molecular flexibility index (Phi) is 12.1. The smallest absolute Gasteiger partial charge is 0.126 e. The van der Waals surface area contributed by atoms with E-state index in [0.29, 0.717) is 0 Å². The largest absolute Gasteiger partial charge is 0.493 e. The highest BCUT2D eigenvalue weighted by Gasteiger charge is 2.32. The summed E-state index contributed by atoms with van der Waals surface area (Å²) >= 11 is 0. The molecule has 2 heteroatoms. The predicted octanol–water partition coefficient (Wildman–Crippen LogP) is 10.3. The van der Waals surface area contributed by atoms with E-state index >= 15 is 0 Å². The molecular weight excluding hydrogens is 440 g/mol. The molecule has 0 saturated carbocycles. The van der Waals surface area contributed by atoms with Crippen molar-refractivity contribution in [3.05, 3.63) is 69.4 Å². The Morgan fingerprint density at radius 1 is 0.833 bits per heavy atom. The van der Waals surface area contributed by atoms with Crippen LogP contribution in [0.4, 0.5) is 0 Å². The molecule has 0 unspecified atom stereocenters. The lowest BCUT2D eigenvalue weighted by Crippen LogP contribution is -2.36. The molecule has 0 aromatic heterocycles. The maximum Gasteiger partial charge on any atom is 0.126 e. The van der Waals surface area contributed by atoms with Crippen molar-refractivity contribution in [1.82, 2.24) is 0 Å². The van der Waals surface area contributed by atoms with Crippen molar-refractivity contribution in [2.45, 2.75) is 126 Å². The summed E-state index contributed by atoms with van der Waals surface area (Å²) in [5.74, 6) is 2.10. The highest BCUT2D eigenvalue weighted by molar-refractivity contribution is 5.53. The minimum absolute atomic E-state index is 0.103. The van der Waals surface area contributed by atoms with Crippen LogP contribution in [-0.4, -0.2) is 12.2 Å². The first-order chi connectivity index (χ1) is 17.0. The molecule has 0 radical (unpaired) electrons. The van der Waals surface area contributed by atoms with Gasteiger partial charge in [0.25, 0.3) is 0 Å². The van der Waals surface area contributed by atoms with Crippen LogP contribution >= 0.6 is 0 Å². The quantitative estimate of drug-likeness (QED) is 0.201. The number of benzene rings is 1. The predicted molar refractivity (Wildman–Crippen MR) is 157 cm³/mol. The molecule has 0 amide bonds. The van der Waals surface area contributed by atoms with Gasteiger partial charge in [0.1, 0.15) is 17.1 Å². The van der Waals surface area contributed by atoms with Gasteiger partial charge in [-0.15, -0.1) is 0 Å². The van der Waals surface area contributed by atoms with E-state index < -0.39 is 0 Å². The third-order valence-corrected chi connectivity index (χ3v) is 7.36. The molecule has 1 heterocycles. The fourth-order valence-electron chi connectivity index (χ4n) is 4.76. The molecule has 1 aromatic rings. The van der Waals surface area contributed by atoms with Gasteiger partial charge in [-0.05, 0) is 143 Å². The fourth-order valence-corrected chi connectivity index (χ4v) is 4.76. The van der Waals surface area contributed by atoms with Gasteiger partial charge >= 0.3 is 0 Å². The average molecular weight is 493 g/mol. The van der Waals surface area contributed by atoms with Crippen molar-refractivity contribution < 1.29 is 9.47 Å². The van der Waals surface area contributed by atoms with E-state index in [1.54, 1.807) is 0 Å². The topological polar surface area (TPSA) is 18.5 Å². The molecule has 0 spiro atoms. The van der Waals surface area contributed by atoms with Crippen molar-refractivity contribution in [2.24, 2.45) is 0 Å². The lowest BCUT2D eigenvalue weighted by atomic mass is 9.86. The first-order valence-electron chi connectivity index (χ1n) is 14.0. The van der Waals surface area contributed by atoms with Crippen LogP contribution in [0.25, 0.3) is 0 Å². The van der Waals surface area contributed by atoms with E-state index in [0.717, 1.165) is 69.5 Å². The third kappa shape index (κ3) is 10.0. The molecule has 0 aliphatic carbocycles. The van der Waals surface area contributed by atoms with Crippen LogP contribution in [0.3, 0.4) is 0 Å². The van der Waals surface area contributed by atoms with Crippen LogP contribution in [0.5, 0.6) is 11.5 Å². The van der Waals surface area contributed by atoms with E-state index in [9.17, 15) is 0 Å². The van der Waals surface area contributed by atoms with Gasteiger partial charge < -0.3 is 9.47 Å². The molecule has 0 saturated heterocycles. The van der Waals surface area contributed by atoms with Crippen LogP contribution in [0, 0.1) is 13.8 Å². The Morgan fingerprint density at radius 2 is 1.42 bits per heavy atom. The van der Waals surface area contributed by atoms with Crippen molar-refractivity contribution in [1.29, 1.82) is 0 Å². The highest BCUT2D eigenvalue weighted by atomic mass is 16.5. The van der Waals surface area contributed by atoms with Crippen LogP contribution in [0.15, 0.2) is 52.7 Å². The van der Waals surface area contributed by atoms with Gasteiger partial charge in [-0.2, -0.15) is 0 Å². The lowest BCUT2D eigenvalue weighted by molar-refractivity contribution is 0.0560. The van der Waals surface area contributed by atoms with Crippen molar-refractivity contribution in [3.8, 4) is 11.5 Å². The summed E-state index contributed by atoms with van der Waals surface area (Å²) in [4.78, 5) is 0. The number of rotatable bonds is 13. The molecular formula is C34H52O2. The minimum Gasteiger partial charge on any atom is -0.493 e. The SMILES string of the molecule is CC(C)=CCCOc1cc2c(c(C)c1C)O[C@](C)(CC/C=C(\C)CC/C=C(\C)CCC=C(C)C)CC2. The molecule has 1 aromatic carbocycles. The Hall–Kier alpha value is -2.22. The monoisotopic (exact) mass is 492 g/mol. The Morgan fingerprint density at radius 3 is 2.06 bits per heavy atom. The fraction of sp³-hybridized carbons (Fsp3) is 0.588. The van der Waals surface area contributed by atoms with Crippen LogP contribution in [0.1, 0.15) is 117 Å². The van der Waals surface area contributed by atoms with Gasteiger partial charge in [0.05, 0.1) is 6.61 Å². The van der Waals surface area contributed by atoms with Gasteiger partial charge in [-0.1, -0.05) is 46.6 Å². The first kappa shape index (κ1) is 30.0. The summed E-state index contributed by atoms with van der Waals surface area (Å²) in [6.07, 6.45) is 19.2. The van der Waals surface area contributed by atoms with Gasteiger partial charge in [-0.25, -0.2) is 0 Å². The Balaban J connectivity index is 1.89. The second-order valence-electron chi connectivity index (χ2n) is 11.6. The summed E-state index contributed by atoms with van der Waals surface area (Å²) < 4.78 is 12.8. The van der Waals surface area contributed by atoms with E-state index in [2.05, 4.69) is 92.7 Å². The number of fused-ring (bicyclic) bond motifs is 1. The van der Waals surface area contributed by atoms with Gasteiger partial charge in [-0.3, -0.25) is 0 Å². The van der Waals surface area contributed by atoms with E-state index in [-0.39, 0.29) is 5.60 Å². The third-order valence-electron chi connectivity index (χ3n) is 7.36. The standard InChI is InChI=1S/C34H52O2/c1-25(2)14-10-16-27(5)17-11-18-28(6)19-12-21-34(9)22-20-31-24-32(35-23-13-15-26(3)4)29(7)30(8)33(31)36-34/h14-15,17,19,24H,10-13,16,18,20-23H2,1-9H3/b27-17+,28-19+/t34-/m1/s1. The zero-order chi connectivity index (χ0) is 26.7. The molecule has 200 valence electrons. The summed E-state index contributed by atoms with van der Waals surface area (Å²) in [5.41, 5.74) is 9.38. The lowest BCUT2D eigenvalue weighted by Gasteiger charge is -2.37. The molecule has 1 aliphatic heterocycles. The van der Waals surface area contributed by atoms with E-state index in [1.165, 1.54) is 45.4 Å². The molecule has 36 heavy (non-hydrogen) atoms. The summed E-state index contributed by atoms with van der Waals surface area (Å²) in [5, 5.41) is 0. The molecule has 0 bridgehead atoms. The van der Waals surface area contributed by atoms with E-state index in [4.69, 9.17) is 9.47 Å². The van der Waals surface area contributed by atoms with Gasteiger partial charge in [0, 0.05) is 0 Å². The maximum absolute atomic E-state index is 6.68. The van der Waals surface area contributed by atoms with Crippen molar-refractivity contribution in [3.63, 3.8) is 0 Å². The zero-order valence-electron chi connectivity index (χ0n) is 24.8. The Bertz CT molecular complexity index is 981. The number of allylic oxidation sites excluding steroid dienone is 7. The van der Waals surface area contributed by atoms with Crippen LogP contribution in [-0.2, 0) is 6.42 Å². The van der Waals surface area contributed by atoms with E-state index in [1.807, 2.05) is 0 Å². The van der Waals surface area contributed by atoms with Gasteiger partial charge in [0.15, 0.2) is 0 Å². The summed E-state index contributed by atoms with van der Waals surface area (Å²) in [6, 6.07) is 2.22. The number of hydrogen-bond donors (Lipinski definition) is 0. The molecule has 1 atom stereocenters. The Labute approximate surface area is 222 Å². The number of hydrogen-bond acceptors (Lipinski definition) is 2. The minimum atomic E-state index is -0.103. The highest BCUT2D eigenvalue weighted by Crippen LogP contribution is 2.42. The number of ether oxygens (including phenoxy) is 2. The van der Waals surface area contributed by atoms with Crippen LogP contribution in [0.2, 0.25) is 0 Å². The van der Waals surface area contributed by atoms with Crippen molar-refractivity contribution >= 4 is 0 Å². The average Bonchev–Trinajstić information content (AvgIpc) is 2.80. The molecule has 0 N–H and O–H groups in total.